The smallest absolute Gasteiger partial charge is 0.326 e. The van der Waals surface area contributed by atoms with Crippen LogP contribution in [-0.4, -0.2) is 69.9 Å². The van der Waals surface area contributed by atoms with Gasteiger partial charge in [-0.15, -0.1) is 0 Å². The molecule has 38 heavy (non-hydrogen) atoms. The van der Waals surface area contributed by atoms with E-state index in [0.717, 1.165) is 0 Å². The van der Waals surface area contributed by atoms with Gasteiger partial charge in [0.1, 0.15) is 24.2 Å². The molecule has 0 aromatic heterocycles. The molecule has 1 saturated heterocycles. The molecular weight excluding hydrogens is 496 g/mol. The highest BCUT2D eigenvalue weighted by atomic mass is 16.4. The Hall–Kier alpha value is -4.74. The van der Waals surface area contributed by atoms with Crippen molar-refractivity contribution in [3.8, 4) is 0 Å². The third kappa shape index (κ3) is 8.15. The maximum Gasteiger partial charge on any atom is 0.326 e. The lowest BCUT2D eigenvalue weighted by molar-refractivity contribution is -0.143. The monoisotopic (exact) mass is 524 g/mol. The lowest BCUT2D eigenvalue weighted by Gasteiger charge is -2.29. The van der Waals surface area contributed by atoms with Gasteiger partial charge in [-0.1, -0.05) is 60.7 Å². The minimum atomic E-state index is -1.27. The number of hydrogen-bond donors (Lipinski definition) is 6. The number of piperazine rings is 1. The van der Waals surface area contributed by atoms with E-state index in [1.807, 2.05) is 0 Å². The van der Waals surface area contributed by atoms with Gasteiger partial charge in [0.05, 0.1) is 12.8 Å². The summed E-state index contributed by atoms with van der Waals surface area (Å²) in [6.07, 6.45) is -0.950. The van der Waals surface area contributed by atoms with E-state index in [0.29, 0.717) is 11.1 Å². The number of rotatable bonds is 12. The molecular formula is C26H28N4O8. The largest absolute Gasteiger partial charge is 0.480 e. The molecule has 2 aromatic rings. The number of carboxylic acid groups (broad SMARTS) is 2. The van der Waals surface area contributed by atoms with E-state index < -0.39 is 72.6 Å². The fourth-order valence-electron chi connectivity index (χ4n) is 3.94. The SMILES string of the molecule is O=C(C[C@@H]1NC(=O)[C@H](CC(=O)N[C@H](Cc2ccccc2)C(=O)O)NC1=O)N[C@H](Cc1ccccc1)C(=O)O. The first-order valence-electron chi connectivity index (χ1n) is 11.8. The van der Waals surface area contributed by atoms with E-state index in [2.05, 4.69) is 21.3 Å². The molecule has 2 aromatic carbocycles. The molecule has 4 amide bonds. The summed E-state index contributed by atoms with van der Waals surface area (Å²) in [7, 11) is 0. The van der Waals surface area contributed by atoms with Gasteiger partial charge in [0, 0.05) is 12.8 Å². The standard InChI is InChI=1S/C26H28N4O8/c31-21(27-19(25(35)36)11-15-7-3-1-4-8-15)13-17-23(33)30-18(24(34)29-17)14-22(32)28-20(26(37)38)12-16-9-5-2-6-10-16/h1-10,17-20H,11-14H2,(H,27,31)(H,28,32)(H,29,34)(H,30,33)(H,35,36)(H,37,38)/t17-,18-,19+,20+/m0/s1. The fourth-order valence-corrected chi connectivity index (χ4v) is 3.94. The lowest BCUT2D eigenvalue weighted by Crippen LogP contribution is -2.63. The Balaban J connectivity index is 1.51. The topological polar surface area (TPSA) is 191 Å². The number of benzene rings is 2. The predicted octanol–water partition coefficient (Wildman–Crippen LogP) is -0.626. The molecule has 4 atom stereocenters. The van der Waals surface area contributed by atoms with Crippen molar-refractivity contribution in [3.05, 3.63) is 71.8 Å². The van der Waals surface area contributed by atoms with Gasteiger partial charge in [-0.2, -0.15) is 0 Å². The van der Waals surface area contributed by atoms with E-state index in [1.54, 1.807) is 60.7 Å². The molecule has 0 unspecified atom stereocenters. The number of carboxylic acids is 2. The van der Waals surface area contributed by atoms with Crippen molar-refractivity contribution in [3.63, 3.8) is 0 Å². The number of nitrogens with one attached hydrogen (secondary N) is 4. The van der Waals surface area contributed by atoms with Crippen LogP contribution in [-0.2, 0) is 41.6 Å². The van der Waals surface area contributed by atoms with E-state index in [-0.39, 0.29) is 12.8 Å². The minimum Gasteiger partial charge on any atom is -0.480 e. The second-order valence-electron chi connectivity index (χ2n) is 8.83. The Bertz CT molecular complexity index is 1090. The second-order valence-corrected chi connectivity index (χ2v) is 8.83. The molecule has 200 valence electrons. The molecule has 0 bridgehead atoms. The van der Waals surface area contributed by atoms with Gasteiger partial charge in [-0.05, 0) is 11.1 Å². The summed E-state index contributed by atoms with van der Waals surface area (Å²) in [5, 5.41) is 28.3. The van der Waals surface area contributed by atoms with Gasteiger partial charge in [0.15, 0.2) is 0 Å². The molecule has 12 nitrogen and oxygen atoms in total. The summed E-state index contributed by atoms with van der Waals surface area (Å²) < 4.78 is 0. The Labute approximate surface area is 217 Å². The van der Waals surface area contributed by atoms with Crippen LogP contribution in [0, 0.1) is 0 Å². The normalized spacial score (nSPS) is 18.3. The molecule has 0 saturated carbocycles. The number of carbonyl (C=O) groups is 6. The van der Waals surface area contributed by atoms with Crippen molar-refractivity contribution >= 4 is 35.6 Å². The van der Waals surface area contributed by atoms with Crippen LogP contribution in [0.5, 0.6) is 0 Å². The zero-order valence-corrected chi connectivity index (χ0v) is 20.3. The first-order valence-corrected chi connectivity index (χ1v) is 11.8. The highest BCUT2D eigenvalue weighted by Crippen LogP contribution is 2.09. The van der Waals surface area contributed by atoms with Crippen molar-refractivity contribution in [2.75, 3.05) is 0 Å². The van der Waals surface area contributed by atoms with Gasteiger partial charge < -0.3 is 31.5 Å². The van der Waals surface area contributed by atoms with Crippen LogP contribution in [0.2, 0.25) is 0 Å². The van der Waals surface area contributed by atoms with Gasteiger partial charge in [-0.25, -0.2) is 9.59 Å². The van der Waals surface area contributed by atoms with Crippen molar-refractivity contribution in [1.29, 1.82) is 0 Å². The number of amides is 4. The first-order chi connectivity index (χ1) is 18.1. The molecule has 12 heteroatoms. The Morgan fingerprint density at radius 1 is 0.658 bits per heavy atom. The average Bonchev–Trinajstić information content (AvgIpc) is 2.87. The third-order valence-corrected chi connectivity index (χ3v) is 5.88. The predicted molar refractivity (Wildman–Crippen MR) is 133 cm³/mol. The van der Waals surface area contributed by atoms with Gasteiger partial charge >= 0.3 is 11.9 Å². The molecule has 1 aliphatic heterocycles. The summed E-state index contributed by atoms with van der Waals surface area (Å²) in [4.78, 5) is 73.0. The number of hydrogen-bond acceptors (Lipinski definition) is 6. The zero-order chi connectivity index (χ0) is 27.7. The quantitative estimate of drug-likeness (QED) is 0.211. The van der Waals surface area contributed by atoms with Gasteiger partial charge in [-0.3, -0.25) is 19.2 Å². The van der Waals surface area contributed by atoms with E-state index in [9.17, 15) is 39.0 Å². The first kappa shape index (κ1) is 27.8. The molecule has 0 spiro atoms. The minimum absolute atomic E-state index is 0.0317. The van der Waals surface area contributed by atoms with Gasteiger partial charge in [0.2, 0.25) is 23.6 Å². The maximum atomic E-state index is 12.5. The highest BCUT2D eigenvalue weighted by Gasteiger charge is 2.37. The maximum absolute atomic E-state index is 12.5. The lowest BCUT2D eigenvalue weighted by atomic mass is 10.0. The Morgan fingerprint density at radius 3 is 1.32 bits per heavy atom. The Morgan fingerprint density at radius 2 is 1.00 bits per heavy atom. The van der Waals surface area contributed by atoms with Gasteiger partial charge in [0.25, 0.3) is 0 Å². The Kier molecular flexibility index (Phi) is 9.52. The van der Waals surface area contributed by atoms with Crippen LogP contribution in [0.25, 0.3) is 0 Å². The summed E-state index contributed by atoms with van der Waals surface area (Å²) in [5.41, 5.74) is 1.39. The molecule has 6 N–H and O–H groups in total. The van der Waals surface area contributed by atoms with Crippen LogP contribution in [0.1, 0.15) is 24.0 Å². The molecule has 1 aliphatic rings. The summed E-state index contributed by atoms with van der Waals surface area (Å²) >= 11 is 0. The van der Waals surface area contributed by atoms with Crippen molar-refractivity contribution in [2.24, 2.45) is 0 Å². The molecule has 0 radical (unpaired) electrons. The molecule has 1 heterocycles. The van der Waals surface area contributed by atoms with E-state index in [4.69, 9.17) is 0 Å². The zero-order valence-electron chi connectivity index (χ0n) is 20.3. The van der Waals surface area contributed by atoms with E-state index >= 15 is 0 Å². The van der Waals surface area contributed by atoms with Crippen molar-refractivity contribution in [2.45, 2.75) is 49.9 Å². The second kappa shape index (κ2) is 13.0. The molecule has 1 fully saturated rings. The number of aliphatic carboxylic acids is 2. The third-order valence-electron chi connectivity index (χ3n) is 5.88. The van der Waals surface area contributed by atoms with Crippen LogP contribution in [0.15, 0.2) is 60.7 Å². The van der Waals surface area contributed by atoms with Crippen molar-refractivity contribution in [1.82, 2.24) is 21.3 Å². The average molecular weight is 525 g/mol. The highest BCUT2D eigenvalue weighted by molar-refractivity contribution is 6.01. The van der Waals surface area contributed by atoms with E-state index in [1.165, 1.54) is 0 Å². The fraction of sp³-hybridized carbons (Fsp3) is 0.308. The number of carbonyl (C=O) groups excluding carboxylic acids is 4. The van der Waals surface area contributed by atoms with Crippen LogP contribution in [0.4, 0.5) is 0 Å². The van der Waals surface area contributed by atoms with Crippen LogP contribution >= 0.6 is 0 Å². The van der Waals surface area contributed by atoms with Crippen molar-refractivity contribution < 1.29 is 39.0 Å². The van der Waals surface area contributed by atoms with Crippen LogP contribution in [0.3, 0.4) is 0 Å². The molecule has 0 aliphatic carbocycles. The summed E-state index contributed by atoms with van der Waals surface area (Å²) in [5.74, 6) is -5.47. The summed E-state index contributed by atoms with van der Waals surface area (Å²) in [6, 6.07) is 12.4. The van der Waals surface area contributed by atoms with Crippen LogP contribution < -0.4 is 21.3 Å². The molecule has 3 rings (SSSR count). The summed E-state index contributed by atoms with van der Waals surface area (Å²) in [6.45, 7) is 0.